The predicted molar refractivity (Wildman–Crippen MR) is 154 cm³/mol. The first-order valence-electron chi connectivity index (χ1n) is 12.6. The molecule has 5 aromatic rings. The fourth-order valence-corrected chi connectivity index (χ4v) is 5.04. The summed E-state index contributed by atoms with van der Waals surface area (Å²) in [5.74, 6) is 1.42. The number of anilines is 1. The maximum absolute atomic E-state index is 12.6. The van der Waals surface area contributed by atoms with Crippen molar-refractivity contribution in [2.24, 2.45) is 0 Å². The summed E-state index contributed by atoms with van der Waals surface area (Å²) in [5, 5.41) is 6.93. The second-order valence-electron chi connectivity index (χ2n) is 8.89. The molecule has 0 saturated heterocycles. The number of rotatable bonds is 11. The van der Waals surface area contributed by atoms with Crippen LogP contribution in [0.25, 0.3) is 32.8 Å². The van der Waals surface area contributed by atoms with Gasteiger partial charge in [0.05, 0.1) is 38.7 Å². The monoisotopic (exact) mass is 631 g/mol. The highest BCUT2D eigenvalue weighted by atomic mass is 32.1. The molecular weight excluding hydrogens is 607 g/mol. The largest absolute Gasteiger partial charge is 0.573 e. The number of hydrogen-bond donors (Lipinski definition) is 1. The molecule has 1 amide bonds. The van der Waals surface area contributed by atoms with Crippen molar-refractivity contribution in [1.29, 1.82) is 0 Å². The van der Waals surface area contributed by atoms with Crippen molar-refractivity contribution in [2.45, 2.75) is 6.36 Å². The van der Waals surface area contributed by atoms with E-state index in [4.69, 9.17) is 28.2 Å². The van der Waals surface area contributed by atoms with E-state index in [1.807, 2.05) is 0 Å². The van der Waals surface area contributed by atoms with Crippen molar-refractivity contribution in [2.75, 3.05) is 40.4 Å². The lowest BCUT2D eigenvalue weighted by atomic mass is 10.1. The van der Waals surface area contributed by atoms with Gasteiger partial charge in [0.25, 0.3) is 5.91 Å². The van der Waals surface area contributed by atoms with Gasteiger partial charge in [-0.3, -0.25) is 10.1 Å². The van der Waals surface area contributed by atoms with Crippen molar-refractivity contribution in [1.82, 2.24) is 10.1 Å². The summed E-state index contributed by atoms with van der Waals surface area (Å²) < 4.78 is 75.0. The standard InChI is InChI=1S/C29H24F3N3O8S/c1-37-20-7-5-15(21-13-18(35-43-21)16-10-23(38-2)27(40-4)24(11-16)39-3)9-22(20)41-14-26(36)34-28-33-19-12-17(42-29(30,31)32)6-8-25(19)44-28/h5-13H,14H2,1-4H3,(H,33,34,36). The highest BCUT2D eigenvalue weighted by Crippen LogP contribution is 2.42. The Morgan fingerprint density at radius 1 is 0.864 bits per heavy atom. The van der Waals surface area contributed by atoms with Crippen molar-refractivity contribution in [3.05, 3.63) is 54.6 Å². The Morgan fingerprint density at radius 2 is 1.57 bits per heavy atom. The van der Waals surface area contributed by atoms with Gasteiger partial charge in [-0.05, 0) is 42.5 Å². The average Bonchev–Trinajstić information content (AvgIpc) is 3.65. The van der Waals surface area contributed by atoms with Crippen LogP contribution in [0.5, 0.6) is 34.5 Å². The second-order valence-corrected chi connectivity index (χ2v) is 9.92. The Bertz CT molecular complexity index is 1780. The third-order valence-corrected chi connectivity index (χ3v) is 7.07. The molecule has 0 aliphatic rings. The molecule has 0 bridgehead atoms. The number of halogens is 3. The lowest BCUT2D eigenvalue weighted by Gasteiger charge is -2.13. The van der Waals surface area contributed by atoms with Gasteiger partial charge >= 0.3 is 6.36 Å². The maximum atomic E-state index is 12.6. The first-order valence-corrected chi connectivity index (χ1v) is 13.5. The number of carbonyl (C=O) groups is 1. The van der Waals surface area contributed by atoms with Crippen LogP contribution in [0.1, 0.15) is 0 Å². The van der Waals surface area contributed by atoms with Crippen LogP contribution in [0.3, 0.4) is 0 Å². The van der Waals surface area contributed by atoms with Gasteiger partial charge in [0, 0.05) is 23.3 Å². The van der Waals surface area contributed by atoms with Crippen LogP contribution < -0.4 is 33.7 Å². The van der Waals surface area contributed by atoms with E-state index in [1.54, 1.807) is 36.4 Å². The zero-order valence-corrected chi connectivity index (χ0v) is 24.4. The van der Waals surface area contributed by atoms with E-state index < -0.39 is 24.6 Å². The lowest BCUT2D eigenvalue weighted by molar-refractivity contribution is -0.274. The molecular formula is C29H24F3N3O8S. The molecule has 3 aromatic carbocycles. The quantitative estimate of drug-likeness (QED) is 0.171. The Hall–Kier alpha value is -5.18. The van der Waals surface area contributed by atoms with Crippen molar-refractivity contribution < 1.29 is 50.9 Å². The summed E-state index contributed by atoms with van der Waals surface area (Å²) in [6.07, 6.45) is -4.83. The molecule has 0 aliphatic heterocycles. The van der Waals surface area contributed by atoms with Gasteiger partial charge in [0.1, 0.15) is 11.4 Å². The summed E-state index contributed by atoms with van der Waals surface area (Å²) in [6, 6.07) is 14.0. The lowest BCUT2D eigenvalue weighted by Crippen LogP contribution is -2.20. The van der Waals surface area contributed by atoms with Crippen LogP contribution in [-0.2, 0) is 4.79 Å². The van der Waals surface area contributed by atoms with E-state index in [9.17, 15) is 18.0 Å². The van der Waals surface area contributed by atoms with Gasteiger partial charge in [-0.1, -0.05) is 16.5 Å². The van der Waals surface area contributed by atoms with Gasteiger partial charge in [-0.2, -0.15) is 0 Å². The number of fused-ring (bicyclic) bond motifs is 1. The Balaban J connectivity index is 1.30. The summed E-state index contributed by atoms with van der Waals surface area (Å²) in [6.45, 7) is -0.411. The average molecular weight is 632 g/mol. The smallest absolute Gasteiger partial charge is 0.493 e. The summed E-state index contributed by atoms with van der Waals surface area (Å²) in [5.41, 5.74) is 2.00. The number of amides is 1. The normalized spacial score (nSPS) is 11.2. The van der Waals surface area contributed by atoms with Gasteiger partial charge in [-0.15, -0.1) is 13.2 Å². The number of alkyl halides is 3. The minimum absolute atomic E-state index is 0.180. The molecule has 15 heteroatoms. The number of carbonyl (C=O) groups excluding carboxylic acids is 1. The number of nitrogens with zero attached hydrogens (tertiary/aromatic N) is 2. The molecule has 0 aliphatic carbocycles. The number of aromatic nitrogens is 2. The second kappa shape index (κ2) is 12.6. The van der Waals surface area contributed by atoms with Crippen LogP contribution >= 0.6 is 11.3 Å². The van der Waals surface area contributed by atoms with Crippen molar-refractivity contribution >= 4 is 32.6 Å². The van der Waals surface area contributed by atoms with Crippen LogP contribution in [0.15, 0.2) is 59.1 Å². The third-order valence-electron chi connectivity index (χ3n) is 6.12. The number of hydrogen-bond acceptors (Lipinski definition) is 11. The Kier molecular flexibility index (Phi) is 8.66. The molecule has 0 fully saturated rings. The third kappa shape index (κ3) is 6.72. The van der Waals surface area contributed by atoms with Gasteiger partial charge < -0.3 is 32.9 Å². The fourth-order valence-electron chi connectivity index (χ4n) is 4.18. The first kappa shape index (κ1) is 30.3. The Labute approximate surface area is 252 Å². The molecule has 0 unspecified atom stereocenters. The summed E-state index contributed by atoms with van der Waals surface area (Å²) >= 11 is 1.09. The molecule has 44 heavy (non-hydrogen) atoms. The van der Waals surface area contributed by atoms with Crippen LogP contribution in [-0.4, -0.2) is 57.5 Å². The fraction of sp³-hybridized carbons (Fsp3) is 0.207. The SMILES string of the molecule is COc1ccc(-c2cc(-c3cc(OC)c(OC)c(OC)c3)no2)cc1OCC(=O)Nc1nc2cc(OC(F)(F)F)ccc2s1. The zero-order valence-electron chi connectivity index (χ0n) is 23.6. The van der Waals surface area contributed by atoms with E-state index >= 15 is 0 Å². The molecule has 230 valence electrons. The molecule has 2 heterocycles. The van der Waals surface area contributed by atoms with E-state index in [0.29, 0.717) is 50.3 Å². The van der Waals surface area contributed by atoms with Crippen molar-refractivity contribution in [3.63, 3.8) is 0 Å². The Morgan fingerprint density at radius 3 is 2.23 bits per heavy atom. The molecule has 0 radical (unpaired) electrons. The topological polar surface area (TPSA) is 123 Å². The van der Waals surface area contributed by atoms with E-state index in [0.717, 1.165) is 17.4 Å². The van der Waals surface area contributed by atoms with E-state index in [2.05, 4.69) is 20.2 Å². The molecule has 0 saturated carbocycles. The molecule has 5 rings (SSSR count). The number of nitrogens with one attached hydrogen (secondary N) is 1. The van der Waals surface area contributed by atoms with Gasteiger partial charge in [-0.25, -0.2) is 4.98 Å². The summed E-state index contributed by atoms with van der Waals surface area (Å²) in [7, 11) is 5.99. The predicted octanol–water partition coefficient (Wildman–Crippen LogP) is 6.57. The molecule has 11 nitrogen and oxygen atoms in total. The molecule has 1 N–H and O–H groups in total. The highest BCUT2D eigenvalue weighted by Gasteiger charge is 2.31. The number of methoxy groups -OCH3 is 4. The minimum Gasteiger partial charge on any atom is -0.493 e. The highest BCUT2D eigenvalue weighted by molar-refractivity contribution is 7.22. The first-order chi connectivity index (χ1) is 21.1. The summed E-state index contributed by atoms with van der Waals surface area (Å²) in [4.78, 5) is 16.8. The number of ether oxygens (including phenoxy) is 6. The molecule has 2 aromatic heterocycles. The van der Waals surface area contributed by atoms with Gasteiger partial charge in [0.2, 0.25) is 5.75 Å². The van der Waals surface area contributed by atoms with Crippen LogP contribution in [0.4, 0.5) is 18.3 Å². The van der Waals surface area contributed by atoms with E-state index in [1.165, 1.54) is 40.6 Å². The van der Waals surface area contributed by atoms with Crippen LogP contribution in [0.2, 0.25) is 0 Å². The van der Waals surface area contributed by atoms with Crippen LogP contribution in [0, 0.1) is 0 Å². The number of thiazole rings is 1. The minimum atomic E-state index is -4.83. The van der Waals surface area contributed by atoms with Gasteiger partial charge in [0.15, 0.2) is 40.5 Å². The number of benzene rings is 3. The van der Waals surface area contributed by atoms with E-state index in [-0.39, 0.29) is 16.4 Å². The molecule has 0 spiro atoms. The maximum Gasteiger partial charge on any atom is 0.573 e. The van der Waals surface area contributed by atoms with Crippen molar-refractivity contribution in [3.8, 4) is 57.1 Å². The molecule has 0 atom stereocenters. The zero-order chi connectivity index (χ0) is 31.4.